The molecular formula is C17H20Cl2N4O2. The summed E-state index contributed by atoms with van der Waals surface area (Å²) in [6, 6.07) is 6.89. The lowest BCUT2D eigenvalue weighted by atomic mass is 10.1. The molecule has 0 radical (unpaired) electrons. The van der Waals surface area contributed by atoms with Crippen LogP contribution in [0.3, 0.4) is 0 Å². The number of piperidine rings is 1. The van der Waals surface area contributed by atoms with Gasteiger partial charge in [0.25, 0.3) is 5.91 Å². The van der Waals surface area contributed by atoms with Crippen LogP contribution in [-0.4, -0.2) is 46.8 Å². The largest absolute Gasteiger partial charge is 0.470 e. The molecule has 0 unspecified atom stereocenters. The molecule has 0 aliphatic carbocycles. The highest BCUT2D eigenvalue weighted by atomic mass is 35.5. The van der Waals surface area contributed by atoms with Crippen LogP contribution in [-0.2, 0) is 6.73 Å². The van der Waals surface area contributed by atoms with Gasteiger partial charge >= 0.3 is 0 Å². The van der Waals surface area contributed by atoms with E-state index in [-0.39, 0.29) is 18.7 Å². The Morgan fingerprint density at radius 1 is 1.32 bits per heavy atom. The Kier molecular flexibility index (Phi) is 5.83. The monoisotopic (exact) mass is 382 g/mol. The minimum atomic E-state index is -0.155. The molecule has 8 heteroatoms. The molecule has 1 N–H and O–H groups in total. The second kappa shape index (κ2) is 8.08. The number of hydrogen-bond acceptors (Lipinski definition) is 4. The molecule has 1 aromatic heterocycles. The van der Waals surface area contributed by atoms with Gasteiger partial charge in [-0.25, -0.2) is 4.68 Å². The number of carbonyl (C=O) groups is 1. The van der Waals surface area contributed by atoms with E-state index in [9.17, 15) is 4.79 Å². The first-order valence-corrected chi connectivity index (χ1v) is 8.87. The third kappa shape index (κ3) is 4.87. The number of amides is 1. The van der Waals surface area contributed by atoms with Gasteiger partial charge in [0.05, 0.1) is 5.02 Å². The lowest BCUT2D eigenvalue weighted by Crippen LogP contribution is -2.43. The fourth-order valence-corrected chi connectivity index (χ4v) is 3.16. The van der Waals surface area contributed by atoms with Crippen LogP contribution in [0.1, 0.15) is 23.3 Å². The Morgan fingerprint density at radius 3 is 2.80 bits per heavy atom. The topological polar surface area (TPSA) is 59.4 Å². The van der Waals surface area contributed by atoms with Crippen LogP contribution in [0.5, 0.6) is 5.75 Å². The number of hydrogen-bond donors (Lipinski definition) is 1. The molecule has 0 bridgehead atoms. The van der Waals surface area contributed by atoms with Crippen molar-refractivity contribution in [3.63, 3.8) is 0 Å². The van der Waals surface area contributed by atoms with Crippen molar-refractivity contribution in [1.82, 2.24) is 20.0 Å². The minimum Gasteiger partial charge on any atom is -0.470 e. The van der Waals surface area contributed by atoms with Crippen molar-refractivity contribution in [2.75, 3.05) is 20.1 Å². The molecule has 1 saturated heterocycles. The lowest BCUT2D eigenvalue weighted by Gasteiger charge is -2.29. The number of halogens is 2. The molecule has 0 atom stereocenters. The van der Waals surface area contributed by atoms with Gasteiger partial charge in [-0.05, 0) is 57.2 Å². The van der Waals surface area contributed by atoms with Crippen molar-refractivity contribution < 1.29 is 9.53 Å². The number of benzene rings is 1. The quantitative estimate of drug-likeness (QED) is 0.862. The number of nitrogens with zero attached hydrogens (tertiary/aromatic N) is 3. The van der Waals surface area contributed by atoms with Gasteiger partial charge in [0.15, 0.2) is 6.73 Å². The Labute approximate surface area is 156 Å². The minimum absolute atomic E-state index is 0.155. The standard InChI is InChI=1S/C17H20Cl2N4O2/c1-22-7-4-13(5-8-22)20-17(24)15-6-9-23(21-15)11-25-16-3-2-12(18)10-14(16)19/h2-3,6,9-10,13H,4-5,7-8,11H2,1H3,(H,20,24). The van der Waals surface area contributed by atoms with E-state index in [4.69, 9.17) is 27.9 Å². The van der Waals surface area contributed by atoms with Crippen LogP contribution in [0, 0.1) is 0 Å². The fourth-order valence-electron chi connectivity index (χ4n) is 2.69. The summed E-state index contributed by atoms with van der Waals surface area (Å²) >= 11 is 11.9. The zero-order valence-electron chi connectivity index (χ0n) is 13.9. The highest BCUT2D eigenvalue weighted by Crippen LogP contribution is 2.27. The number of rotatable bonds is 5. The molecule has 25 heavy (non-hydrogen) atoms. The smallest absolute Gasteiger partial charge is 0.271 e. The average Bonchev–Trinajstić information content (AvgIpc) is 3.05. The predicted molar refractivity (Wildman–Crippen MR) is 97.3 cm³/mol. The number of ether oxygens (including phenoxy) is 1. The van der Waals surface area contributed by atoms with Crippen molar-refractivity contribution in [3.05, 3.63) is 46.2 Å². The maximum absolute atomic E-state index is 12.3. The first-order chi connectivity index (χ1) is 12.0. The molecule has 6 nitrogen and oxygen atoms in total. The summed E-state index contributed by atoms with van der Waals surface area (Å²) in [5, 5.41) is 8.27. The van der Waals surface area contributed by atoms with E-state index in [2.05, 4.69) is 22.4 Å². The van der Waals surface area contributed by atoms with Gasteiger partial charge in [-0.3, -0.25) is 4.79 Å². The molecule has 2 heterocycles. The molecule has 0 saturated carbocycles. The Hall–Kier alpha value is -1.76. The molecule has 1 amide bonds. The van der Waals surface area contributed by atoms with Gasteiger partial charge in [0.2, 0.25) is 0 Å². The van der Waals surface area contributed by atoms with Crippen molar-refractivity contribution in [1.29, 1.82) is 0 Å². The average molecular weight is 383 g/mol. The second-order valence-electron chi connectivity index (χ2n) is 6.14. The van der Waals surface area contributed by atoms with Crippen LogP contribution in [0.4, 0.5) is 0 Å². The molecule has 1 aliphatic heterocycles. The molecule has 134 valence electrons. The third-order valence-electron chi connectivity index (χ3n) is 4.17. The van der Waals surface area contributed by atoms with E-state index in [0.717, 1.165) is 25.9 Å². The summed E-state index contributed by atoms with van der Waals surface area (Å²) in [6.07, 6.45) is 3.62. The van der Waals surface area contributed by atoms with Crippen LogP contribution >= 0.6 is 23.2 Å². The SMILES string of the molecule is CN1CCC(NC(=O)c2ccn(COc3ccc(Cl)cc3Cl)n2)CC1. The van der Waals surface area contributed by atoms with Crippen LogP contribution in [0.15, 0.2) is 30.5 Å². The van der Waals surface area contributed by atoms with Gasteiger partial charge in [0.1, 0.15) is 11.4 Å². The first kappa shape index (κ1) is 18.0. The van der Waals surface area contributed by atoms with Crippen molar-refractivity contribution in [2.45, 2.75) is 25.6 Å². The maximum atomic E-state index is 12.3. The van der Waals surface area contributed by atoms with Crippen LogP contribution in [0.25, 0.3) is 0 Å². The first-order valence-electron chi connectivity index (χ1n) is 8.12. The van der Waals surface area contributed by atoms with Crippen molar-refractivity contribution >= 4 is 29.1 Å². The summed E-state index contributed by atoms with van der Waals surface area (Å²) in [4.78, 5) is 14.6. The number of nitrogens with one attached hydrogen (secondary N) is 1. The van der Waals surface area contributed by atoms with E-state index in [0.29, 0.717) is 21.5 Å². The third-order valence-corrected chi connectivity index (χ3v) is 4.70. The molecule has 1 fully saturated rings. The summed E-state index contributed by atoms with van der Waals surface area (Å²) < 4.78 is 7.16. The number of likely N-dealkylation sites (tertiary alicyclic amines) is 1. The summed E-state index contributed by atoms with van der Waals surface area (Å²) in [6.45, 7) is 2.15. The Morgan fingerprint density at radius 2 is 2.08 bits per heavy atom. The van der Waals surface area contributed by atoms with Gasteiger partial charge in [-0.2, -0.15) is 5.10 Å². The summed E-state index contributed by atoms with van der Waals surface area (Å²) in [7, 11) is 2.09. The molecular weight excluding hydrogens is 363 g/mol. The highest BCUT2D eigenvalue weighted by molar-refractivity contribution is 6.35. The van der Waals surface area contributed by atoms with Gasteiger partial charge in [0, 0.05) is 17.3 Å². The van der Waals surface area contributed by atoms with Crippen LogP contribution < -0.4 is 10.1 Å². The fraction of sp³-hybridized carbons (Fsp3) is 0.412. The zero-order chi connectivity index (χ0) is 17.8. The summed E-state index contributed by atoms with van der Waals surface area (Å²) in [5.74, 6) is 0.358. The van der Waals surface area contributed by atoms with E-state index in [1.807, 2.05) is 0 Å². The Bertz CT molecular complexity index is 742. The molecule has 0 spiro atoms. The molecule has 1 aromatic carbocycles. The predicted octanol–water partition coefficient (Wildman–Crippen LogP) is 3.05. The highest BCUT2D eigenvalue weighted by Gasteiger charge is 2.20. The number of aromatic nitrogens is 2. The molecule has 1 aliphatic rings. The maximum Gasteiger partial charge on any atom is 0.271 e. The van der Waals surface area contributed by atoms with Crippen molar-refractivity contribution in [3.8, 4) is 5.75 Å². The van der Waals surface area contributed by atoms with Gasteiger partial charge in [-0.1, -0.05) is 23.2 Å². The Balaban J connectivity index is 1.54. The van der Waals surface area contributed by atoms with E-state index in [1.165, 1.54) is 0 Å². The molecule has 2 aromatic rings. The van der Waals surface area contributed by atoms with Crippen LogP contribution in [0.2, 0.25) is 10.0 Å². The number of carbonyl (C=O) groups excluding carboxylic acids is 1. The van der Waals surface area contributed by atoms with E-state index in [1.54, 1.807) is 35.1 Å². The summed E-state index contributed by atoms with van der Waals surface area (Å²) in [5.41, 5.74) is 0.379. The van der Waals surface area contributed by atoms with Gasteiger partial charge in [-0.15, -0.1) is 0 Å². The van der Waals surface area contributed by atoms with E-state index < -0.39 is 0 Å². The second-order valence-corrected chi connectivity index (χ2v) is 6.98. The van der Waals surface area contributed by atoms with Gasteiger partial charge < -0.3 is 15.0 Å². The lowest BCUT2D eigenvalue weighted by molar-refractivity contribution is 0.0909. The zero-order valence-corrected chi connectivity index (χ0v) is 15.4. The van der Waals surface area contributed by atoms with E-state index >= 15 is 0 Å². The normalized spacial score (nSPS) is 16.0. The molecule has 3 rings (SSSR count). The van der Waals surface area contributed by atoms with Crippen molar-refractivity contribution in [2.24, 2.45) is 0 Å².